The Hall–Kier alpha value is -3.23. The van der Waals surface area contributed by atoms with E-state index in [1.54, 1.807) is 24.3 Å². The van der Waals surface area contributed by atoms with Crippen LogP contribution in [0, 0.1) is 17.0 Å². The number of nitrogens with zero attached hydrogens (tertiary/aromatic N) is 4. The molecule has 3 N–H and O–H groups in total. The highest BCUT2D eigenvalue weighted by atomic mass is 16.6. The van der Waals surface area contributed by atoms with Gasteiger partial charge in [-0.3, -0.25) is 20.0 Å². The molecule has 106 valence electrons. The smallest absolute Gasteiger partial charge is 0.322 e. The fourth-order valence-corrected chi connectivity index (χ4v) is 2.14. The third-order valence-electron chi connectivity index (χ3n) is 3.11. The van der Waals surface area contributed by atoms with Crippen molar-refractivity contribution >= 4 is 28.3 Å². The molecule has 0 aliphatic heterocycles. The summed E-state index contributed by atoms with van der Waals surface area (Å²) in [5.41, 5.74) is 5.76. The summed E-state index contributed by atoms with van der Waals surface area (Å²) in [6.07, 6.45) is 0. The van der Waals surface area contributed by atoms with Gasteiger partial charge in [-0.15, -0.1) is 5.10 Å². The number of anilines is 1. The molecule has 0 unspecified atom stereocenters. The van der Waals surface area contributed by atoms with Crippen LogP contribution >= 0.6 is 0 Å². The number of aromatic nitrogens is 4. The predicted molar refractivity (Wildman–Crippen MR) is 73.9 cm³/mol. The molecule has 0 saturated heterocycles. The van der Waals surface area contributed by atoms with Gasteiger partial charge in [0.25, 0.3) is 0 Å². The number of carbonyl (C=O) groups excluding carboxylic acids is 1. The molecule has 0 fully saturated rings. The van der Waals surface area contributed by atoms with E-state index in [0.29, 0.717) is 10.9 Å². The van der Waals surface area contributed by atoms with Gasteiger partial charge in [-0.2, -0.15) is 9.78 Å². The van der Waals surface area contributed by atoms with Crippen molar-refractivity contribution in [1.29, 1.82) is 0 Å². The van der Waals surface area contributed by atoms with Gasteiger partial charge in [0, 0.05) is 5.39 Å². The molecule has 3 rings (SSSR count). The minimum absolute atomic E-state index is 0.175. The Bertz CT molecular complexity index is 878. The Morgan fingerprint density at radius 1 is 1.43 bits per heavy atom. The molecular formula is C12H10N6O3. The summed E-state index contributed by atoms with van der Waals surface area (Å²) in [6, 6.07) is 6.85. The van der Waals surface area contributed by atoms with Crippen LogP contribution in [0.3, 0.4) is 0 Å². The normalized spacial score (nSPS) is 10.9. The van der Waals surface area contributed by atoms with Crippen LogP contribution in [-0.2, 0) is 0 Å². The summed E-state index contributed by atoms with van der Waals surface area (Å²) in [4.78, 5) is 22.9. The summed E-state index contributed by atoms with van der Waals surface area (Å²) in [5.74, 6) is -0.534. The second kappa shape index (κ2) is 4.40. The van der Waals surface area contributed by atoms with Crippen molar-refractivity contribution in [2.24, 2.45) is 0 Å². The molecule has 0 saturated carbocycles. The van der Waals surface area contributed by atoms with Gasteiger partial charge in [0.15, 0.2) is 5.82 Å². The molecule has 3 aromatic rings. The first-order valence-electron chi connectivity index (χ1n) is 5.98. The molecule has 0 bridgehead atoms. The van der Waals surface area contributed by atoms with E-state index in [2.05, 4.69) is 15.3 Å². The number of hydrogen-bond acceptors (Lipinski definition) is 6. The number of hydrogen-bond donors (Lipinski definition) is 2. The minimum Gasteiger partial charge on any atom is -0.382 e. The number of aryl methyl sites for hydroxylation is 1. The monoisotopic (exact) mass is 286 g/mol. The van der Waals surface area contributed by atoms with Crippen LogP contribution in [0.2, 0.25) is 0 Å². The first kappa shape index (κ1) is 12.8. The van der Waals surface area contributed by atoms with Gasteiger partial charge >= 0.3 is 11.6 Å². The average Bonchev–Trinajstić information content (AvgIpc) is 3.00. The number of fused-ring (bicyclic) bond motifs is 1. The van der Waals surface area contributed by atoms with Gasteiger partial charge in [0.1, 0.15) is 5.69 Å². The van der Waals surface area contributed by atoms with E-state index in [1.165, 1.54) is 6.92 Å². The standard InChI is InChI=1S/C12H10N6O3/c1-6-10(18(20)21)9(15-14-6)12(19)17-8-5-3-2-4-7(8)11(13)16-17/h2-5H,1H3,(H2,13,16)(H,14,15). The van der Waals surface area contributed by atoms with Crippen LogP contribution in [0.25, 0.3) is 10.9 Å². The van der Waals surface area contributed by atoms with Gasteiger partial charge < -0.3 is 5.73 Å². The Kier molecular flexibility index (Phi) is 2.68. The SMILES string of the molecule is Cc1[nH]nc(C(=O)n2nc(N)c3ccccc32)c1[N+](=O)[O-]. The van der Waals surface area contributed by atoms with E-state index in [1.807, 2.05) is 0 Å². The lowest BCUT2D eigenvalue weighted by Gasteiger charge is -1.99. The fourth-order valence-electron chi connectivity index (χ4n) is 2.14. The molecule has 2 heterocycles. The van der Waals surface area contributed by atoms with E-state index in [4.69, 9.17) is 5.73 Å². The third-order valence-corrected chi connectivity index (χ3v) is 3.11. The second-order valence-corrected chi connectivity index (χ2v) is 4.42. The van der Waals surface area contributed by atoms with E-state index >= 15 is 0 Å². The maximum Gasteiger partial charge on any atom is 0.322 e. The number of para-hydroxylation sites is 1. The van der Waals surface area contributed by atoms with Crippen molar-refractivity contribution in [2.75, 3.05) is 5.73 Å². The van der Waals surface area contributed by atoms with Crippen molar-refractivity contribution in [3.05, 3.63) is 45.8 Å². The van der Waals surface area contributed by atoms with Crippen LogP contribution < -0.4 is 5.73 Å². The first-order valence-corrected chi connectivity index (χ1v) is 5.98. The van der Waals surface area contributed by atoms with Crippen molar-refractivity contribution < 1.29 is 9.72 Å². The highest BCUT2D eigenvalue weighted by molar-refractivity contribution is 6.04. The van der Waals surface area contributed by atoms with Crippen molar-refractivity contribution in [3.8, 4) is 0 Å². The molecule has 0 aliphatic rings. The maximum atomic E-state index is 12.5. The summed E-state index contributed by atoms with van der Waals surface area (Å²) in [7, 11) is 0. The average molecular weight is 286 g/mol. The molecule has 9 nitrogen and oxygen atoms in total. The lowest BCUT2D eigenvalue weighted by Crippen LogP contribution is -2.16. The predicted octanol–water partition coefficient (Wildman–Crippen LogP) is 1.25. The quantitative estimate of drug-likeness (QED) is 0.538. The minimum atomic E-state index is -0.709. The molecular weight excluding hydrogens is 276 g/mol. The topological polar surface area (TPSA) is 133 Å². The number of carbonyl (C=O) groups is 1. The van der Waals surface area contributed by atoms with Crippen LogP contribution in [0.15, 0.2) is 24.3 Å². The molecule has 0 spiro atoms. The highest BCUT2D eigenvalue weighted by Crippen LogP contribution is 2.24. The molecule has 0 amide bonds. The van der Waals surface area contributed by atoms with Gasteiger partial charge in [0.05, 0.1) is 10.4 Å². The van der Waals surface area contributed by atoms with E-state index in [-0.39, 0.29) is 22.9 Å². The molecule has 9 heteroatoms. The largest absolute Gasteiger partial charge is 0.382 e. The fraction of sp³-hybridized carbons (Fsp3) is 0.0833. The van der Waals surface area contributed by atoms with Gasteiger partial charge in [-0.05, 0) is 19.1 Å². The molecule has 1 aromatic carbocycles. The Labute approximate surface area is 117 Å². The summed E-state index contributed by atoms with van der Waals surface area (Å²) < 4.78 is 1.02. The Morgan fingerprint density at radius 3 is 2.86 bits per heavy atom. The number of aromatic amines is 1. The molecule has 0 aliphatic carbocycles. The van der Waals surface area contributed by atoms with Gasteiger partial charge in [0.2, 0.25) is 5.69 Å². The molecule has 0 atom stereocenters. The first-order chi connectivity index (χ1) is 10.0. The zero-order valence-electron chi connectivity index (χ0n) is 10.9. The van der Waals surface area contributed by atoms with Crippen LogP contribution in [0.1, 0.15) is 16.2 Å². The lowest BCUT2D eigenvalue weighted by atomic mass is 10.2. The molecule has 2 aromatic heterocycles. The zero-order chi connectivity index (χ0) is 15.1. The van der Waals surface area contributed by atoms with Crippen molar-refractivity contribution in [1.82, 2.24) is 20.0 Å². The van der Waals surface area contributed by atoms with Gasteiger partial charge in [-0.1, -0.05) is 12.1 Å². The van der Waals surface area contributed by atoms with Crippen molar-refractivity contribution in [2.45, 2.75) is 6.92 Å². The van der Waals surface area contributed by atoms with Crippen molar-refractivity contribution in [3.63, 3.8) is 0 Å². The Balaban J connectivity index is 2.20. The second-order valence-electron chi connectivity index (χ2n) is 4.42. The number of nitro groups is 1. The van der Waals surface area contributed by atoms with Crippen LogP contribution in [0.5, 0.6) is 0 Å². The number of H-pyrrole nitrogens is 1. The molecule has 21 heavy (non-hydrogen) atoms. The van der Waals surface area contributed by atoms with Crippen LogP contribution in [-0.4, -0.2) is 30.8 Å². The number of nitrogen functional groups attached to an aromatic ring is 1. The summed E-state index contributed by atoms with van der Waals surface area (Å²) >= 11 is 0. The number of benzene rings is 1. The number of nitrogens with two attached hydrogens (primary N) is 1. The highest BCUT2D eigenvalue weighted by Gasteiger charge is 2.29. The van der Waals surface area contributed by atoms with E-state index < -0.39 is 10.8 Å². The van der Waals surface area contributed by atoms with E-state index in [0.717, 1.165) is 4.68 Å². The third kappa shape index (κ3) is 1.83. The maximum absolute atomic E-state index is 12.5. The lowest BCUT2D eigenvalue weighted by molar-refractivity contribution is -0.385. The van der Waals surface area contributed by atoms with Gasteiger partial charge in [-0.25, -0.2) is 0 Å². The summed E-state index contributed by atoms with van der Waals surface area (Å²) in [5, 5.41) is 21.7. The van der Waals surface area contributed by atoms with Crippen LogP contribution in [0.4, 0.5) is 11.5 Å². The Morgan fingerprint density at radius 2 is 2.14 bits per heavy atom. The zero-order valence-corrected chi connectivity index (χ0v) is 10.9. The van der Waals surface area contributed by atoms with E-state index in [9.17, 15) is 14.9 Å². The summed E-state index contributed by atoms with van der Waals surface area (Å²) in [6.45, 7) is 1.47. The number of rotatable bonds is 2. The number of nitrogens with one attached hydrogen (secondary N) is 1. The molecule has 0 radical (unpaired) electrons.